The molecule has 3 rings (SSSR count). The SMILES string of the molecule is N#CC1C[C@H](O)CCC1n1cc(C(N)=O)c(Nc2ccccc2)n1. The third kappa shape index (κ3) is 3.24. The first-order valence-corrected chi connectivity index (χ1v) is 7.87. The van der Waals surface area contributed by atoms with Crippen LogP contribution in [0.3, 0.4) is 0 Å². The Bertz CT molecular complexity index is 765. The quantitative estimate of drug-likeness (QED) is 0.794. The molecule has 1 amide bonds. The lowest BCUT2D eigenvalue weighted by Crippen LogP contribution is -2.29. The number of nitrogens with one attached hydrogen (secondary N) is 1. The summed E-state index contributed by atoms with van der Waals surface area (Å²) in [5, 5.41) is 26.6. The summed E-state index contributed by atoms with van der Waals surface area (Å²) >= 11 is 0. The molecule has 1 aromatic carbocycles. The molecule has 1 fully saturated rings. The monoisotopic (exact) mass is 325 g/mol. The van der Waals surface area contributed by atoms with Gasteiger partial charge in [-0.2, -0.15) is 10.4 Å². The van der Waals surface area contributed by atoms with Gasteiger partial charge in [0.2, 0.25) is 0 Å². The molecule has 2 aromatic rings. The van der Waals surface area contributed by atoms with E-state index in [0.717, 1.165) is 5.69 Å². The minimum absolute atomic E-state index is 0.178. The zero-order valence-electron chi connectivity index (χ0n) is 13.1. The van der Waals surface area contributed by atoms with Crippen LogP contribution in [0.2, 0.25) is 0 Å². The Kier molecular flexibility index (Phi) is 4.49. The molecule has 0 spiro atoms. The number of nitrogens with two attached hydrogens (primary N) is 1. The third-order valence-electron chi connectivity index (χ3n) is 4.33. The normalized spacial score (nSPS) is 23.4. The molecular formula is C17H19N5O2. The summed E-state index contributed by atoms with van der Waals surface area (Å²) in [4.78, 5) is 11.7. The van der Waals surface area contributed by atoms with Crippen molar-refractivity contribution in [2.24, 2.45) is 11.7 Å². The van der Waals surface area contributed by atoms with Gasteiger partial charge in [-0.3, -0.25) is 9.48 Å². The second kappa shape index (κ2) is 6.72. The Morgan fingerprint density at radius 3 is 2.79 bits per heavy atom. The number of hydrogen-bond acceptors (Lipinski definition) is 5. The number of nitrogens with zero attached hydrogens (tertiary/aromatic N) is 3. The average molecular weight is 325 g/mol. The van der Waals surface area contributed by atoms with Gasteiger partial charge >= 0.3 is 0 Å². The molecule has 1 aliphatic carbocycles. The van der Waals surface area contributed by atoms with Crippen molar-refractivity contribution < 1.29 is 9.90 Å². The summed E-state index contributed by atoms with van der Waals surface area (Å²) in [6.07, 6.45) is 2.77. The van der Waals surface area contributed by atoms with Gasteiger partial charge < -0.3 is 16.2 Å². The summed E-state index contributed by atoms with van der Waals surface area (Å²) in [5.74, 6) is -0.556. The Balaban J connectivity index is 1.91. The fraction of sp³-hybridized carbons (Fsp3) is 0.353. The summed E-state index contributed by atoms with van der Waals surface area (Å²) in [5.41, 5.74) is 6.54. The molecule has 7 heteroatoms. The van der Waals surface area contributed by atoms with Crippen LogP contribution in [0, 0.1) is 17.2 Å². The lowest BCUT2D eigenvalue weighted by molar-refractivity contribution is 0.0861. The number of nitriles is 1. The molecule has 0 aliphatic heterocycles. The van der Waals surface area contributed by atoms with Gasteiger partial charge in [0.15, 0.2) is 5.82 Å². The fourth-order valence-electron chi connectivity index (χ4n) is 3.08. The maximum atomic E-state index is 11.7. The molecule has 7 nitrogen and oxygen atoms in total. The Hall–Kier alpha value is -2.85. The van der Waals surface area contributed by atoms with Crippen LogP contribution in [0.1, 0.15) is 35.7 Å². The smallest absolute Gasteiger partial charge is 0.254 e. The van der Waals surface area contributed by atoms with Crippen molar-refractivity contribution in [3.8, 4) is 6.07 Å². The second-order valence-corrected chi connectivity index (χ2v) is 6.00. The molecule has 0 bridgehead atoms. The van der Waals surface area contributed by atoms with Crippen LogP contribution in [-0.4, -0.2) is 26.9 Å². The van der Waals surface area contributed by atoms with Crippen molar-refractivity contribution in [1.82, 2.24) is 9.78 Å². The lowest BCUT2D eigenvalue weighted by atomic mass is 9.84. The van der Waals surface area contributed by atoms with E-state index in [2.05, 4.69) is 16.5 Å². The van der Waals surface area contributed by atoms with Gasteiger partial charge in [0.25, 0.3) is 5.91 Å². The molecule has 24 heavy (non-hydrogen) atoms. The van der Waals surface area contributed by atoms with Gasteiger partial charge in [-0.05, 0) is 31.4 Å². The maximum Gasteiger partial charge on any atom is 0.254 e. The summed E-state index contributed by atoms with van der Waals surface area (Å²) in [6, 6.07) is 11.4. The van der Waals surface area contributed by atoms with Crippen molar-refractivity contribution in [2.45, 2.75) is 31.4 Å². The molecule has 1 heterocycles. The largest absolute Gasteiger partial charge is 0.393 e. The third-order valence-corrected chi connectivity index (χ3v) is 4.33. The van der Waals surface area contributed by atoms with Gasteiger partial charge in [-0.1, -0.05) is 18.2 Å². The number of carbonyl (C=O) groups is 1. The number of carbonyl (C=O) groups excluding carboxylic acids is 1. The van der Waals surface area contributed by atoms with Crippen LogP contribution >= 0.6 is 0 Å². The molecule has 4 N–H and O–H groups in total. The van der Waals surface area contributed by atoms with Crippen molar-refractivity contribution >= 4 is 17.4 Å². The number of aromatic nitrogens is 2. The van der Waals surface area contributed by atoms with Crippen molar-refractivity contribution in [3.05, 3.63) is 42.1 Å². The van der Waals surface area contributed by atoms with E-state index in [1.807, 2.05) is 30.3 Å². The maximum absolute atomic E-state index is 11.7. The minimum Gasteiger partial charge on any atom is -0.393 e. The van der Waals surface area contributed by atoms with Crippen LogP contribution in [0.4, 0.5) is 11.5 Å². The highest BCUT2D eigenvalue weighted by Crippen LogP contribution is 2.34. The molecule has 1 aliphatic rings. The number of benzene rings is 1. The summed E-state index contributed by atoms with van der Waals surface area (Å²) in [6.45, 7) is 0. The zero-order valence-corrected chi connectivity index (χ0v) is 13.1. The molecule has 0 radical (unpaired) electrons. The zero-order chi connectivity index (χ0) is 17.1. The second-order valence-electron chi connectivity index (χ2n) is 6.00. The predicted octanol–water partition coefficient (Wildman–Crippen LogP) is 1.95. The first kappa shape index (κ1) is 16.0. The number of primary amides is 1. The number of rotatable bonds is 4. The van der Waals surface area contributed by atoms with Gasteiger partial charge in [0.1, 0.15) is 5.56 Å². The number of anilines is 2. The van der Waals surface area contributed by atoms with E-state index in [9.17, 15) is 15.2 Å². The molecule has 124 valence electrons. The summed E-state index contributed by atoms with van der Waals surface area (Å²) in [7, 11) is 0. The van der Waals surface area contributed by atoms with E-state index in [4.69, 9.17) is 5.73 Å². The Morgan fingerprint density at radius 2 is 2.12 bits per heavy atom. The molecule has 3 atom stereocenters. The molecule has 0 saturated heterocycles. The van der Waals surface area contributed by atoms with Crippen LogP contribution in [0.15, 0.2) is 36.5 Å². The highest BCUT2D eigenvalue weighted by Gasteiger charge is 2.32. The Morgan fingerprint density at radius 1 is 1.38 bits per heavy atom. The molecule has 2 unspecified atom stereocenters. The standard InChI is InChI=1S/C17H19N5O2/c18-9-11-8-13(23)6-7-15(11)22-10-14(16(19)24)17(21-22)20-12-4-2-1-3-5-12/h1-5,10-11,13,15,23H,6-8H2,(H2,19,24)(H,20,21)/t11?,13-,15?/m1/s1. The number of hydrogen-bond donors (Lipinski definition) is 3. The van der Waals surface area contributed by atoms with Gasteiger partial charge in [-0.15, -0.1) is 0 Å². The topological polar surface area (TPSA) is 117 Å². The highest BCUT2D eigenvalue weighted by atomic mass is 16.3. The van der Waals surface area contributed by atoms with E-state index >= 15 is 0 Å². The number of aliphatic hydroxyl groups is 1. The molecular weight excluding hydrogens is 306 g/mol. The van der Waals surface area contributed by atoms with Crippen LogP contribution in [0.5, 0.6) is 0 Å². The first-order valence-electron chi connectivity index (χ1n) is 7.87. The van der Waals surface area contributed by atoms with Crippen LogP contribution in [-0.2, 0) is 0 Å². The van der Waals surface area contributed by atoms with E-state index in [0.29, 0.717) is 25.1 Å². The van der Waals surface area contributed by atoms with Crippen molar-refractivity contribution in [2.75, 3.05) is 5.32 Å². The van der Waals surface area contributed by atoms with Gasteiger partial charge in [0.05, 0.1) is 24.1 Å². The van der Waals surface area contributed by atoms with Crippen LogP contribution in [0.25, 0.3) is 0 Å². The average Bonchev–Trinajstić information content (AvgIpc) is 2.99. The van der Waals surface area contributed by atoms with E-state index in [1.165, 1.54) is 0 Å². The Labute approximate surface area is 139 Å². The highest BCUT2D eigenvalue weighted by molar-refractivity contribution is 5.98. The fourth-order valence-corrected chi connectivity index (χ4v) is 3.08. The van der Waals surface area contributed by atoms with Gasteiger partial charge in [-0.25, -0.2) is 0 Å². The number of para-hydroxylation sites is 1. The number of amides is 1. The van der Waals surface area contributed by atoms with Gasteiger partial charge in [0, 0.05) is 11.9 Å². The molecule has 1 saturated carbocycles. The first-order chi connectivity index (χ1) is 11.6. The number of aliphatic hydroxyl groups excluding tert-OH is 1. The van der Waals surface area contributed by atoms with Crippen molar-refractivity contribution in [3.63, 3.8) is 0 Å². The van der Waals surface area contributed by atoms with E-state index < -0.39 is 12.0 Å². The minimum atomic E-state index is -0.580. The van der Waals surface area contributed by atoms with Crippen molar-refractivity contribution in [1.29, 1.82) is 5.26 Å². The van der Waals surface area contributed by atoms with E-state index in [1.54, 1.807) is 10.9 Å². The lowest BCUT2D eigenvalue weighted by Gasteiger charge is -2.30. The van der Waals surface area contributed by atoms with E-state index in [-0.39, 0.29) is 17.5 Å². The summed E-state index contributed by atoms with van der Waals surface area (Å²) < 4.78 is 1.63. The van der Waals surface area contributed by atoms with Crippen LogP contribution < -0.4 is 11.1 Å². The molecule has 1 aromatic heterocycles. The predicted molar refractivity (Wildman–Crippen MR) is 88.5 cm³/mol.